The summed E-state index contributed by atoms with van der Waals surface area (Å²) in [5.41, 5.74) is 6.15. The Kier molecular flexibility index (Phi) is 3.86. The zero-order valence-corrected chi connectivity index (χ0v) is 10.4. The normalized spacial score (nSPS) is 19.6. The van der Waals surface area contributed by atoms with E-state index in [0.29, 0.717) is 22.5 Å². The van der Waals surface area contributed by atoms with Crippen LogP contribution < -0.4 is 10.6 Å². The second kappa shape index (κ2) is 5.37. The van der Waals surface area contributed by atoms with Crippen LogP contribution in [-0.2, 0) is 0 Å². The monoisotopic (exact) mass is 252 g/mol. The van der Waals surface area contributed by atoms with Gasteiger partial charge in [-0.2, -0.15) is 0 Å². The van der Waals surface area contributed by atoms with Crippen molar-refractivity contribution in [1.82, 2.24) is 9.97 Å². The van der Waals surface area contributed by atoms with E-state index in [2.05, 4.69) is 14.9 Å². The van der Waals surface area contributed by atoms with E-state index in [9.17, 15) is 0 Å². The number of aromatic nitrogens is 2. The second-order valence-electron chi connectivity index (χ2n) is 4.22. The van der Waals surface area contributed by atoms with E-state index < -0.39 is 0 Å². The molecule has 1 aromatic rings. The van der Waals surface area contributed by atoms with Crippen molar-refractivity contribution in [3.8, 4) is 0 Å². The van der Waals surface area contributed by atoms with E-state index in [4.69, 9.17) is 23.1 Å². The Morgan fingerprint density at radius 3 is 3.18 bits per heavy atom. The summed E-state index contributed by atoms with van der Waals surface area (Å²) in [6.45, 7) is 2.05. The minimum atomic E-state index is 0.242. The number of aliphatic hydroxyl groups excluding tert-OH is 1. The van der Waals surface area contributed by atoms with Gasteiger partial charge in [0.1, 0.15) is 10.7 Å². The summed E-state index contributed by atoms with van der Waals surface area (Å²) in [4.78, 5) is 11.0. The van der Waals surface area contributed by atoms with Gasteiger partial charge in [0.25, 0.3) is 0 Å². The summed E-state index contributed by atoms with van der Waals surface area (Å²) in [6, 6.07) is 1.72. The number of aliphatic hydroxyl groups is 1. The average Bonchev–Trinajstić information content (AvgIpc) is 2.78. The Hall–Kier alpha value is -1.27. The highest BCUT2D eigenvalue weighted by Crippen LogP contribution is 2.22. The summed E-state index contributed by atoms with van der Waals surface area (Å²) >= 11 is 4.90. The van der Waals surface area contributed by atoms with Crippen molar-refractivity contribution >= 4 is 23.2 Å². The molecule has 3 N–H and O–H groups in total. The zero-order chi connectivity index (χ0) is 12.3. The molecule has 0 radical (unpaired) electrons. The van der Waals surface area contributed by atoms with Crippen molar-refractivity contribution in [3.63, 3.8) is 0 Å². The summed E-state index contributed by atoms with van der Waals surface area (Å²) in [7, 11) is 0. The number of hydrogen-bond donors (Lipinski definition) is 2. The highest BCUT2D eigenvalue weighted by atomic mass is 32.1. The number of nitrogens with two attached hydrogens (primary N) is 1. The first kappa shape index (κ1) is 12.2. The lowest BCUT2D eigenvalue weighted by Gasteiger charge is -2.16. The smallest absolute Gasteiger partial charge is 0.225 e. The molecular weight excluding hydrogens is 236 g/mol. The molecule has 0 amide bonds. The lowest BCUT2D eigenvalue weighted by molar-refractivity contribution is 0.263. The molecular formula is C11H16N4OS. The van der Waals surface area contributed by atoms with E-state index >= 15 is 0 Å². The van der Waals surface area contributed by atoms with Crippen molar-refractivity contribution in [1.29, 1.82) is 0 Å². The maximum absolute atomic E-state index is 8.92. The van der Waals surface area contributed by atoms with Crippen molar-refractivity contribution in [2.24, 2.45) is 11.7 Å². The Labute approximate surface area is 106 Å². The van der Waals surface area contributed by atoms with E-state index in [1.807, 2.05) is 0 Å². The largest absolute Gasteiger partial charge is 0.396 e. The molecule has 0 spiro atoms. The molecule has 92 valence electrons. The van der Waals surface area contributed by atoms with Crippen LogP contribution in [0.25, 0.3) is 0 Å². The van der Waals surface area contributed by atoms with Crippen molar-refractivity contribution in [2.75, 3.05) is 24.6 Å². The number of hydrogen-bond acceptors (Lipinski definition) is 5. The van der Waals surface area contributed by atoms with Gasteiger partial charge in [0.15, 0.2) is 0 Å². The van der Waals surface area contributed by atoms with Crippen LogP contribution in [0.4, 0.5) is 5.95 Å². The first-order valence-electron chi connectivity index (χ1n) is 5.69. The number of rotatable bonds is 4. The molecule has 1 saturated heterocycles. The topological polar surface area (TPSA) is 75.3 Å². The molecule has 2 rings (SSSR count). The molecule has 1 fully saturated rings. The van der Waals surface area contributed by atoms with Crippen LogP contribution in [0.3, 0.4) is 0 Å². The first-order valence-corrected chi connectivity index (χ1v) is 6.10. The Bertz CT molecular complexity index is 412. The maximum Gasteiger partial charge on any atom is 0.225 e. The third kappa shape index (κ3) is 2.89. The van der Waals surface area contributed by atoms with Crippen LogP contribution in [0.5, 0.6) is 0 Å². The van der Waals surface area contributed by atoms with Gasteiger partial charge in [0, 0.05) is 25.9 Å². The molecule has 5 nitrogen and oxygen atoms in total. The van der Waals surface area contributed by atoms with Gasteiger partial charge in [-0.25, -0.2) is 9.97 Å². The fourth-order valence-corrected chi connectivity index (χ4v) is 2.18. The van der Waals surface area contributed by atoms with Crippen LogP contribution >= 0.6 is 12.2 Å². The highest BCUT2D eigenvalue weighted by Gasteiger charge is 2.23. The summed E-state index contributed by atoms with van der Waals surface area (Å²) < 4.78 is 0. The van der Waals surface area contributed by atoms with Gasteiger partial charge >= 0.3 is 0 Å². The molecule has 0 aromatic carbocycles. The van der Waals surface area contributed by atoms with Crippen LogP contribution in [-0.4, -0.2) is 39.8 Å². The van der Waals surface area contributed by atoms with Crippen LogP contribution in [0.2, 0.25) is 0 Å². The van der Waals surface area contributed by atoms with E-state index in [1.165, 1.54) is 0 Å². The summed E-state index contributed by atoms with van der Waals surface area (Å²) in [5.74, 6) is 1.20. The van der Waals surface area contributed by atoms with Gasteiger partial charge in [-0.1, -0.05) is 12.2 Å². The molecule has 1 aromatic heterocycles. The number of anilines is 1. The highest BCUT2D eigenvalue weighted by molar-refractivity contribution is 7.80. The Morgan fingerprint density at radius 2 is 2.47 bits per heavy atom. The lowest BCUT2D eigenvalue weighted by Crippen LogP contribution is -2.23. The summed E-state index contributed by atoms with van der Waals surface area (Å²) in [6.07, 6.45) is 3.59. The van der Waals surface area contributed by atoms with Gasteiger partial charge in [-0.3, -0.25) is 0 Å². The average molecular weight is 252 g/mol. The lowest BCUT2D eigenvalue weighted by atomic mass is 10.1. The number of nitrogens with zero attached hydrogens (tertiary/aromatic N) is 3. The van der Waals surface area contributed by atoms with E-state index in [1.54, 1.807) is 12.3 Å². The zero-order valence-electron chi connectivity index (χ0n) is 9.54. The van der Waals surface area contributed by atoms with E-state index in [0.717, 1.165) is 25.9 Å². The van der Waals surface area contributed by atoms with Gasteiger partial charge in [0.2, 0.25) is 5.95 Å². The van der Waals surface area contributed by atoms with Crippen molar-refractivity contribution < 1.29 is 5.11 Å². The van der Waals surface area contributed by atoms with Gasteiger partial charge in [-0.05, 0) is 24.8 Å². The molecule has 17 heavy (non-hydrogen) atoms. The predicted molar refractivity (Wildman–Crippen MR) is 69.9 cm³/mol. The second-order valence-corrected chi connectivity index (χ2v) is 4.66. The molecule has 0 bridgehead atoms. The molecule has 6 heteroatoms. The quantitative estimate of drug-likeness (QED) is 0.752. The van der Waals surface area contributed by atoms with Crippen LogP contribution in [0.15, 0.2) is 12.3 Å². The third-order valence-electron chi connectivity index (χ3n) is 3.00. The summed E-state index contributed by atoms with van der Waals surface area (Å²) in [5, 5.41) is 8.92. The maximum atomic E-state index is 8.92. The van der Waals surface area contributed by atoms with E-state index in [-0.39, 0.29) is 6.61 Å². The predicted octanol–water partition coefficient (Wildman–Crippen LogP) is 0.319. The molecule has 0 saturated carbocycles. The molecule has 1 atom stereocenters. The Morgan fingerprint density at radius 1 is 1.65 bits per heavy atom. The SMILES string of the molecule is NC(=S)c1ccnc(N2CCC(CCO)C2)n1. The first-order chi connectivity index (χ1) is 8.20. The Balaban J connectivity index is 2.08. The van der Waals surface area contributed by atoms with Gasteiger partial charge in [0.05, 0.1) is 0 Å². The van der Waals surface area contributed by atoms with Crippen LogP contribution in [0.1, 0.15) is 18.5 Å². The van der Waals surface area contributed by atoms with Crippen LogP contribution in [0, 0.1) is 5.92 Å². The fourth-order valence-electron chi connectivity index (χ4n) is 2.07. The molecule has 2 heterocycles. The van der Waals surface area contributed by atoms with Crippen molar-refractivity contribution in [3.05, 3.63) is 18.0 Å². The standard InChI is InChI=1S/C11H16N4OS/c12-10(17)9-1-4-13-11(14-9)15-5-2-8(7-15)3-6-16/h1,4,8,16H,2-3,5-7H2,(H2,12,17). The van der Waals surface area contributed by atoms with Crippen molar-refractivity contribution in [2.45, 2.75) is 12.8 Å². The number of thiocarbonyl (C=S) groups is 1. The molecule has 1 aliphatic rings. The molecule has 1 aliphatic heterocycles. The minimum Gasteiger partial charge on any atom is -0.396 e. The third-order valence-corrected chi connectivity index (χ3v) is 3.21. The molecule has 1 unspecified atom stereocenters. The van der Waals surface area contributed by atoms with Gasteiger partial charge < -0.3 is 15.7 Å². The van der Waals surface area contributed by atoms with Gasteiger partial charge in [-0.15, -0.1) is 0 Å². The fraction of sp³-hybridized carbons (Fsp3) is 0.545. The molecule has 0 aliphatic carbocycles. The minimum absolute atomic E-state index is 0.242.